The Morgan fingerprint density at radius 2 is 0.905 bits per heavy atom. The molecule has 74 heavy (non-hydrogen) atoms. The van der Waals surface area contributed by atoms with Gasteiger partial charge in [-0.2, -0.15) is 0 Å². The van der Waals surface area contributed by atoms with Crippen LogP contribution in [0.3, 0.4) is 0 Å². The normalized spacial score (nSPS) is 14.1. The van der Waals surface area contributed by atoms with Gasteiger partial charge >= 0.3 is 0 Å². The first-order chi connectivity index (χ1) is 35.7. The number of carbonyl (C=O) groups is 5. The minimum Gasteiger partial charge on any atom is -0.384 e. The maximum Gasteiger partial charge on any atom is 0.255 e. The van der Waals surface area contributed by atoms with Gasteiger partial charge in [-0.3, -0.25) is 24.0 Å². The van der Waals surface area contributed by atoms with Crippen molar-refractivity contribution in [3.8, 4) is 0 Å². The van der Waals surface area contributed by atoms with E-state index in [4.69, 9.17) is 0 Å². The van der Waals surface area contributed by atoms with Crippen LogP contribution in [0.1, 0.15) is 122 Å². The molecule has 10 rings (SSSR count). The van der Waals surface area contributed by atoms with Gasteiger partial charge in [0, 0.05) is 83.3 Å². The largest absolute Gasteiger partial charge is 0.384 e. The van der Waals surface area contributed by atoms with Gasteiger partial charge in [-0.05, 0) is 178 Å². The number of carbonyl (C=O) groups excluding carboxylic acids is 5. The second-order valence-electron chi connectivity index (χ2n) is 19.3. The average Bonchev–Trinajstić information content (AvgIpc) is 3.74. The average molecular weight is 987 g/mol. The summed E-state index contributed by atoms with van der Waals surface area (Å²) < 4.78 is 0. The Bertz CT molecular complexity index is 3240. The molecule has 0 radical (unpaired) electrons. The Kier molecular flexibility index (Phi) is 16.5. The Hall–Kier alpha value is -8.31. The molecule has 5 amide bonds. The monoisotopic (exact) mass is 987 g/mol. The lowest BCUT2D eigenvalue weighted by Gasteiger charge is -2.18. The predicted octanol–water partition coefficient (Wildman–Crippen LogP) is 13.0. The maximum absolute atomic E-state index is 12.7. The molecule has 4 N–H and O–H groups in total. The number of nitrogens with one attached hydrogen (secondary N) is 4. The number of hydrogen-bond acceptors (Lipinski definition) is 6. The van der Waals surface area contributed by atoms with Gasteiger partial charge in [0.25, 0.3) is 17.7 Å². The summed E-state index contributed by atoms with van der Waals surface area (Å²) in [6.07, 6.45) is 16.8. The molecule has 1 aliphatic carbocycles. The first-order valence-electron chi connectivity index (χ1n) is 25.6. The van der Waals surface area contributed by atoms with Gasteiger partial charge in [0.05, 0.1) is 0 Å². The summed E-state index contributed by atoms with van der Waals surface area (Å²) in [6, 6.07) is 35.1. The first-order valence-corrected chi connectivity index (χ1v) is 25.6. The highest BCUT2D eigenvalue weighted by atomic mass is 16.2. The maximum atomic E-state index is 12.7. The number of allylic oxidation sites excluding steroid dienone is 3. The Morgan fingerprint density at radius 1 is 0.500 bits per heavy atom. The fraction of sp³-hybridized carbons (Fsp3) is 0.254. The fourth-order valence-corrected chi connectivity index (χ4v) is 9.70. The number of anilines is 6. The molecule has 6 aromatic rings. The van der Waals surface area contributed by atoms with Crippen molar-refractivity contribution in [1.82, 2.24) is 0 Å². The van der Waals surface area contributed by atoms with Gasteiger partial charge in [-0.25, -0.2) is 0 Å². The summed E-state index contributed by atoms with van der Waals surface area (Å²) in [5, 5.41) is 12.2. The van der Waals surface area contributed by atoms with Gasteiger partial charge in [-0.15, -0.1) is 0 Å². The summed E-state index contributed by atoms with van der Waals surface area (Å²) in [5.41, 5.74) is 17.0. The van der Waals surface area contributed by atoms with Crippen LogP contribution in [0.25, 0.3) is 18.2 Å². The Balaban J connectivity index is 0.000000149. The summed E-state index contributed by atoms with van der Waals surface area (Å²) >= 11 is 0. The number of hydrogen-bond donors (Lipinski definition) is 4. The smallest absolute Gasteiger partial charge is 0.255 e. The summed E-state index contributed by atoms with van der Waals surface area (Å²) in [7, 11) is 0. The molecule has 3 heterocycles. The van der Waals surface area contributed by atoms with Crippen molar-refractivity contribution in [1.29, 1.82) is 0 Å². The van der Waals surface area contributed by atoms with E-state index >= 15 is 0 Å². The molecule has 1 saturated carbocycles. The number of nitrogens with zero attached hydrogens (tertiary/aromatic N) is 2. The molecular weight excluding hydrogens is 921 g/mol. The third-order valence-electron chi connectivity index (χ3n) is 13.7. The van der Waals surface area contributed by atoms with Crippen molar-refractivity contribution in [2.45, 2.75) is 80.6 Å². The molecule has 378 valence electrons. The van der Waals surface area contributed by atoms with Crippen molar-refractivity contribution < 1.29 is 24.0 Å². The SMILES string of the molecule is C/C=C/c1ccc(C(=O)Nc2ccc3c(c2)N(C(=O)C2CC2)CC3)c(C)c1.C/C=C/c1ccc(C(=O)Nc2ccc3c(c2)N(C(C)=O)CC3)c(C)c1.C/C=C/c1ccc(C(=O)Nc2ccc3c(c2)NCC3)c(C)c1. The molecule has 0 atom stereocenters. The molecule has 11 nitrogen and oxygen atoms in total. The molecule has 0 aromatic heterocycles. The second kappa shape index (κ2) is 23.5. The topological polar surface area (TPSA) is 140 Å². The first kappa shape index (κ1) is 52.0. The van der Waals surface area contributed by atoms with Crippen LogP contribution in [0.4, 0.5) is 34.1 Å². The lowest BCUT2D eigenvalue weighted by atomic mass is 10.0. The lowest BCUT2D eigenvalue weighted by molar-refractivity contribution is -0.119. The van der Waals surface area contributed by atoms with Crippen molar-refractivity contribution in [2.24, 2.45) is 5.92 Å². The van der Waals surface area contributed by atoms with Crippen LogP contribution in [0, 0.1) is 26.7 Å². The molecule has 4 aliphatic rings. The van der Waals surface area contributed by atoms with E-state index in [1.807, 2.05) is 186 Å². The van der Waals surface area contributed by atoms with Crippen LogP contribution in [0.2, 0.25) is 0 Å². The van der Waals surface area contributed by atoms with E-state index in [-0.39, 0.29) is 35.5 Å². The van der Waals surface area contributed by atoms with Crippen LogP contribution in [-0.4, -0.2) is 49.2 Å². The van der Waals surface area contributed by atoms with Gasteiger partial charge in [0.2, 0.25) is 11.8 Å². The zero-order valence-electron chi connectivity index (χ0n) is 43.5. The van der Waals surface area contributed by atoms with Gasteiger partial charge < -0.3 is 31.1 Å². The number of aryl methyl sites for hydroxylation is 3. The third-order valence-corrected chi connectivity index (χ3v) is 13.7. The third kappa shape index (κ3) is 12.5. The van der Waals surface area contributed by atoms with Gasteiger partial charge in [0.1, 0.15) is 0 Å². The van der Waals surface area contributed by atoms with Crippen LogP contribution < -0.4 is 31.1 Å². The van der Waals surface area contributed by atoms with Crippen LogP contribution in [-0.2, 0) is 28.9 Å². The fourth-order valence-electron chi connectivity index (χ4n) is 9.70. The highest BCUT2D eigenvalue weighted by Crippen LogP contribution is 2.38. The van der Waals surface area contributed by atoms with Gasteiger partial charge in [-0.1, -0.05) is 91.1 Å². The minimum atomic E-state index is -0.142. The quantitative estimate of drug-likeness (QED) is 0.108. The number of benzene rings is 6. The number of fused-ring (bicyclic) bond motifs is 3. The van der Waals surface area contributed by atoms with E-state index in [1.54, 1.807) is 11.8 Å². The Labute approximate surface area is 435 Å². The highest BCUT2D eigenvalue weighted by Gasteiger charge is 2.36. The van der Waals surface area contributed by atoms with Crippen LogP contribution in [0.15, 0.2) is 127 Å². The van der Waals surface area contributed by atoms with Crippen molar-refractivity contribution in [3.05, 3.63) is 194 Å². The zero-order valence-corrected chi connectivity index (χ0v) is 43.5. The molecule has 0 saturated heterocycles. The molecule has 1 fully saturated rings. The van der Waals surface area contributed by atoms with E-state index < -0.39 is 0 Å². The van der Waals surface area contributed by atoms with Crippen LogP contribution >= 0.6 is 0 Å². The molecular formula is C63H66N6O5. The predicted molar refractivity (Wildman–Crippen MR) is 304 cm³/mol. The summed E-state index contributed by atoms with van der Waals surface area (Å²) in [4.78, 5) is 65.6. The molecule has 0 bridgehead atoms. The van der Waals surface area contributed by atoms with E-state index in [9.17, 15) is 24.0 Å². The van der Waals surface area contributed by atoms with Crippen LogP contribution in [0.5, 0.6) is 0 Å². The van der Waals surface area contributed by atoms with Crippen molar-refractivity contribution >= 4 is 81.9 Å². The second-order valence-corrected chi connectivity index (χ2v) is 19.3. The summed E-state index contributed by atoms with van der Waals surface area (Å²) in [6.45, 7) is 15.7. The van der Waals surface area contributed by atoms with Gasteiger partial charge in [0.15, 0.2) is 0 Å². The molecule has 3 aliphatic heterocycles. The standard InChI is InChI=1S/C23H24N2O2.C21H22N2O2.C19H20N2O/c1-3-4-16-5-10-20(15(2)13-16)22(26)24-19-9-8-17-11-12-25(21(17)14-19)23(27)18-6-7-18;1-4-5-16-6-9-19(14(2)12-16)21(25)22-18-8-7-17-10-11-23(15(3)24)20(17)13-18;1-3-4-14-5-8-17(13(2)11-14)19(22)21-16-7-6-15-9-10-20-18(15)12-16/h3-5,8-10,13-14,18H,6-7,11-12H2,1-2H3,(H,24,26);4-9,12-13H,10-11H2,1-3H3,(H,22,25);3-8,11-12,20H,9-10H2,1-2H3,(H,21,22)/b4-3+;5-4+;4-3+. The molecule has 0 unspecified atom stereocenters. The Morgan fingerprint density at radius 3 is 1.31 bits per heavy atom. The number of amides is 5. The van der Waals surface area contributed by atoms with Crippen molar-refractivity contribution in [3.63, 3.8) is 0 Å². The van der Waals surface area contributed by atoms with E-state index in [1.165, 1.54) is 11.1 Å². The minimum absolute atomic E-state index is 0.0256. The summed E-state index contributed by atoms with van der Waals surface area (Å²) in [5.74, 6) is 0.120. The molecule has 6 aromatic carbocycles. The van der Waals surface area contributed by atoms with E-state index in [0.29, 0.717) is 28.9 Å². The molecule has 0 spiro atoms. The van der Waals surface area contributed by atoms with E-state index in [0.717, 1.165) is 113 Å². The lowest BCUT2D eigenvalue weighted by Crippen LogP contribution is -2.30. The highest BCUT2D eigenvalue weighted by molar-refractivity contribution is 6.08. The zero-order chi connectivity index (χ0) is 52.5. The van der Waals surface area contributed by atoms with E-state index in [2.05, 4.69) is 27.3 Å². The number of rotatable bonds is 10. The van der Waals surface area contributed by atoms with Crippen molar-refractivity contribution in [2.75, 3.05) is 50.7 Å². The molecule has 11 heteroatoms.